The third kappa shape index (κ3) is 26.4. The van der Waals surface area contributed by atoms with Gasteiger partial charge < -0.3 is 44.9 Å². The monoisotopic (exact) mass is 2320 g/mol. The topological polar surface area (TPSA) is 116 Å². The second kappa shape index (κ2) is 51.4. The minimum atomic E-state index is 0. The van der Waals surface area contributed by atoms with Gasteiger partial charge in [-0.3, -0.25) is 0 Å². The van der Waals surface area contributed by atoms with E-state index in [1.165, 1.54) is 75.4 Å². The van der Waals surface area contributed by atoms with E-state index in [2.05, 4.69) is 234 Å². The van der Waals surface area contributed by atoms with E-state index in [1.807, 2.05) is 353 Å². The number of rotatable bonds is 9. The summed E-state index contributed by atoms with van der Waals surface area (Å²) in [5.74, 6) is 0. The van der Waals surface area contributed by atoms with Crippen LogP contribution < -0.4 is 0 Å². The van der Waals surface area contributed by atoms with Gasteiger partial charge in [0.15, 0.2) is 0 Å². The second-order valence-corrected chi connectivity index (χ2v) is 30.8. The SMILES string of the molecule is C=Cc1c[c-]c(-c2ccccn2)cc1.C=Cc1c[c-]c(-c2ccccn2)cc1.[Ir+3].[Ir+3].[Ir+3].[c-]1cccc2ccc3cccnc3c12.[c-]1cccc2ccc3cccnc3c12.[c-]1ccccc1-c1cc2ccccc2cn1.[c-]1ccccc1-c1cc2ccccc2cn1.[c-]1ccccc1-c1nccc2ccccc12.[c-]1ccccc1-c1nccc2ccccc12.[c-]1ccccc1-c1nccc2ccccc12. The van der Waals surface area contributed by atoms with Gasteiger partial charge in [0.1, 0.15) is 0 Å². The van der Waals surface area contributed by atoms with Crippen molar-refractivity contribution in [1.82, 2.24) is 44.9 Å². The van der Waals surface area contributed by atoms with Crippen LogP contribution in [-0.2, 0) is 60.3 Å². The van der Waals surface area contributed by atoms with E-state index in [0.29, 0.717) is 0 Å². The molecule has 0 aliphatic carbocycles. The summed E-state index contributed by atoms with van der Waals surface area (Å²) in [5.41, 5.74) is 18.3. The normalized spacial score (nSPS) is 10.2. The molecule has 25 rings (SSSR count). The van der Waals surface area contributed by atoms with Gasteiger partial charge in [-0.25, -0.2) is 0 Å². The fraction of sp³-hybridized carbons (Fsp3) is 0. The molecule has 0 atom stereocenters. The van der Waals surface area contributed by atoms with Gasteiger partial charge in [-0.1, -0.05) is 194 Å². The van der Waals surface area contributed by atoms with E-state index in [1.54, 1.807) is 24.5 Å². The maximum Gasteiger partial charge on any atom is 3.00 e. The van der Waals surface area contributed by atoms with Gasteiger partial charge in [-0.15, -0.1) is 346 Å². The summed E-state index contributed by atoms with van der Waals surface area (Å²) in [7, 11) is 0. The van der Waals surface area contributed by atoms with Crippen molar-refractivity contribution in [3.8, 4) is 78.8 Å². The van der Waals surface area contributed by atoms with Crippen molar-refractivity contribution in [3.63, 3.8) is 0 Å². The van der Waals surface area contributed by atoms with Gasteiger partial charge in [0.2, 0.25) is 0 Å². The van der Waals surface area contributed by atoms with E-state index < -0.39 is 0 Å². The maximum atomic E-state index is 4.45. The molecule has 9 aromatic heterocycles. The Hall–Kier alpha value is -16.4. The molecule has 0 saturated carbocycles. The first-order chi connectivity index (χ1) is 67.4. The zero-order valence-corrected chi connectivity index (χ0v) is 82.5. The maximum absolute atomic E-state index is 4.45. The molecule has 0 aliphatic rings. The van der Waals surface area contributed by atoms with Crippen LogP contribution in [-0.4, -0.2) is 44.9 Å². The van der Waals surface area contributed by atoms with Crippen LogP contribution >= 0.6 is 0 Å². The van der Waals surface area contributed by atoms with E-state index >= 15 is 0 Å². The van der Waals surface area contributed by atoms with Gasteiger partial charge in [0, 0.05) is 55.8 Å². The van der Waals surface area contributed by atoms with Crippen LogP contribution in [0.25, 0.3) is 188 Å². The fourth-order valence-electron chi connectivity index (χ4n) is 15.2. The molecule has 0 N–H and O–H groups in total. The predicted molar refractivity (Wildman–Crippen MR) is 563 cm³/mol. The first-order valence-electron chi connectivity index (χ1n) is 44.4. The summed E-state index contributed by atoms with van der Waals surface area (Å²) in [6, 6.07) is 172. The zero-order valence-electron chi connectivity index (χ0n) is 75.3. The fourth-order valence-corrected chi connectivity index (χ4v) is 15.2. The Morgan fingerprint density at radius 1 is 0.187 bits per heavy atom. The molecule has 0 spiro atoms. The van der Waals surface area contributed by atoms with Crippen molar-refractivity contribution in [2.75, 3.05) is 0 Å². The van der Waals surface area contributed by atoms with Crippen LogP contribution in [0.3, 0.4) is 0 Å². The van der Waals surface area contributed by atoms with Crippen molar-refractivity contribution >= 4 is 109 Å². The van der Waals surface area contributed by atoms with E-state index in [-0.39, 0.29) is 60.3 Å². The summed E-state index contributed by atoms with van der Waals surface area (Å²) in [6.45, 7) is 7.40. The van der Waals surface area contributed by atoms with Crippen molar-refractivity contribution in [1.29, 1.82) is 0 Å². The first-order valence-corrected chi connectivity index (χ1v) is 44.4. The molecular formula is C127H86Ir3N9. The molecule has 0 saturated heterocycles. The van der Waals surface area contributed by atoms with Crippen molar-refractivity contribution in [3.05, 3.63) is 565 Å². The van der Waals surface area contributed by atoms with Crippen molar-refractivity contribution in [2.45, 2.75) is 0 Å². The summed E-state index contributed by atoms with van der Waals surface area (Å²) in [5, 5.41) is 18.9. The Bertz CT molecular complexity index is 7460. The van der Waals surface area contributed by atoms with Gasteiger partial charge in [0.05, 0.1) is 0 Å². The molecule has 666 valence electrons. The number of fused-ring (bicyclic) bond motifs is 11. The van der Waals surface area contributed by atoms with Gasteiger partial charge in [-0.05, 0) is 158 Å². The van der Waals surface area contributed by atoms with Crippen LogP contribution in [0.5, 0.6) is 0 Å². The average molecular weight is 2310 g/mol. The van der Waals surface area contributed by atoms with Crippen LogP contribution in [0.1, 0.15) is 11.1 Å². The number of benzene rings is 16. The minimum absolute atomic E-state index is 0. The van der Waals surface area contributed by atoms with Gasteiger partial charge >= 0.3 is 60.3 Å². The molecule has 0 aliphatic heterocycles. The predicted octanol–water partition coefficient (Wildman–Crippen LogP) is 31.3. The number of hydrogen-bond donors (Lipinski definition) is 0. The molecule has 0 radical (unpaired) electrons. The molecule has 9 nitrogen and oxygen atoms in total. The Morgan fingerprint density at radius 2 is 0.482 bits per heavy atom. The average Bonchev–Trinajstić information content (AvgIpc) is 0.836. The van der Waals surface area contributed by atoms with E-state index in [4.69, 9.17) is 0 Å². The largest absolute Gasteiger partial charge is 3.00 e. The van der Waals surface area contributed by atoms with Crippen LogP contribution in [0.15, 0.2) is 500 Å². The minimum Gasteiger partial charge on any atom is -0.305 e. The van der Waals surface area contributed by atoms with E-state index in [9.17, 15) is 0 Å². The molecule has 25 aromatic rings. The first kappa shape index (κ1) is 98.6. The number of hydrogen-bond acceptors (Lipinski definition) is 9. The van der Waals surface area contributed by atoms with Crippen LogP contribution in [0.2, 0.25) is 0 Å². The third-order valence-corrected chi connectivity index (χ3v) is 22.0. The molecule has 9 heterocycles. The Morgan fingerprint density at radius 3 is 0.813 bits per heavy atom. The molecule has 16 aromatic carbocycles. The summed E-state index contributed by atoms with van der Waals surface area (Å²) in [6.07, 6.45) is 20.2. The Kier molecular flexibility index (Phi) is 36.4. The smallest absolute Gasteiger partial charge is 0.305 e. The number of nitrogens with zero attached hydrogens (tertiary/aromatic N) is 9. The molecule has 0 fully saturated rings. The molecule has 139 heavy (non-hydrogen) atoms. The molecule has 0 unspecified atom stereocenters. The summed E-state index contributed by atoms with van der Waals surface area (Å²) >= 11 is 0. The van der Waals surface area contributed by atoms with Crippen LogP contribution in [0, 0.1) is 54.6 Å². The van der Waals surface area contributed by atoms with Gasteiger partial charge in [0.25, 0.3) is 0 Å². The Balaban J connectivity index is 0.000000124. The third-order valence-electron chi connectivity index (χ3n) is 22.0. The standard InChI is InChI=1S/5C15H10N.2C13H8N.2C13H10N.3Ir/c3*1-2-7-13(8-3-1)15-14-9-5-4-6-12(14)10-11-16-15;2*1-2-6-12(7-3-1)15-10-13-8-4-5-9-14(13)11-16-15;2*1-2-6-12-10(4-1)7-8-11-5-3-9-14-13(11)12;2*1-2-11-6-8-12(9-7-11)13-5-3-4-10-14-13;;;/h3*1-7,9-11H;2*1-6,8-11H;2*1-5,7-9H;2*2-8,10H,1H2;;;/q9*-1;3*+3. The van der Waals surface area contributed by atoms with Crippen molar-refractivity contribution < 1.29 is 60.3 Å². The molecule has 0 bridgehead atoms. The molecule has 0 amide bonds. The number of pyridine rings is 9. The van der Waals surface area contributed by atoms with E-state index in [0.717, 1.165) is 112 Å². The quantitative estimate of drug-likeness (QED) is 0.103. The number of aromatic nitrogens is 9. The van der Waals surface area contributed by atoms with Gasteiger partial charge in [-0.2, -0.15) is 0 Å². The summed E-state index contributed by atoms with van der Waals surface area (Å²) < 4.78 is 0. The van der Waals surface area contributed by atoms with Crippen LogP contribution in [0.4, 0.5) is 0 Å². The van der Waals surface area contributed by atoms with Crippen molar-refractivity contribution in [2.24, 2.45) is 0 Å². The zero-order chi connectivity index (χ0) is 92.3. The molecular weight excluding hydrogens is 2230 g/mol. The summed E-state index contributed by atoms with van der Waals surface area (Å²) in [4.78, 5) is 39.5. The molecule has 12 heteroatoms. The second-order valence-electron chi connectivity index (χ2n) is 30.8. The Labute approximate surface area is 851 Å².